The van der Waals surface area contributed by atoms with E-state index in [0.29, 0.717) is 11.8 Å². The summed E-state index contributed by atoms with van der Waals surface area (Å²) in [5.74, 6) is 1.23. The molecule has 2 heterocycles. The number of allylic oxidation sites excluding steroid dienone is 5. The van der Waals surface area contributed by atoms with E-state index >= 15 is 0 Å². The van der Waals surface area contributed by atoms with E-state index in [1.165, 1.54) is 106 Å². The van der Waals surface area contributed by atoms with Crippen LogP contribution in [0.15, 0.2) is 61.4 Å². The molecule has 0 N–H and O–H groups in total. The second-order valence-corrected chi connectivity index (χ2v) is 11.1. The highest BCUT2D eigenvalue weighted by atomic mass is 15.3. The third kappa shape index (κ3) is 11.0. The van der Waals surface area contributed by atoms with Crippen LogP contribution in [0, 0.1) is 0 Å². The van der Waals surface area contributed by atoms with Crippen molar-refractivity contribution < 1.29 is 0 Å². The number of nitrogens with zero attached hydrogens (tertiary/aromatic N) is 3. The molecule has 0 aromatic carbocycles. The smallest absolute Gasteiger partial charge is 0.0458 e. The van der Waals surface area contributed by atoms with Crippen LogP contribution >= 0.6 is 0 Å². The SMILES string of the molecule is C=C/C=C\C(=C/C=C)N1CCN(c2cc(C(CCCC)CCCC)nc(C3CCCCCCC3)c2)CC1.CC. The molecule has 2 aliphatic rings. The van der Waals surface area contributed by atoms with Gasteiger partial charge in [0.15, 0.2) is 0 Å². The molecule has 0 radical (unpaired) electrons. The third-order valence-electron chi connectivity index (χ3n) is 8.31. The summed E-state index contributed by atoms with van der Waals surface area (Å²) in [6.45, 7) is 20.5. The monoisotopic (exact) mass is 533 g/mol. The van der Waals surface area contributed by atoms with Gasteiger partial charge in [0, 0.05) is 60.8 Å². The molecule has 1 aromatic heterocycles. The summed E-state index contributed by atoms with van der Waals surface area (Å²) in [4.78, 5) is 10.5. The molecule has 0 amide bonds. The van der Waals surface area contributed by atoms with Crippen LogP contribution in [-0.4, -0.2) is 36.1 Å². The molecule has 2 fully saturated rings. The highest BCUT2D eigenvalue weighted by molar-refractivity contribution is 5.50. The van der Waals surface area contributed by atoms with Crippen LogP contribution in [0.2, 0.25) is 0 Å². The van der Waals surface area contributed by atoms with Gasteiger partial charge in [0.25, 0.3) is 0 Å². The Morgan fingerprint density at radius 3 is 2.08 bits per heavy atom. The maximum absolute atomic E-state index is 5.46. The Bertz CT molecular complexity index is 859. The Morgan fingerprint density at radius 2 is 1.51 bits per heavy atom. The maximum Gasteiger partial charge on any atom is 0.0458 e. The molecular formula is C36H59N3. The first-order valence-corrected chi connectivity index (χ1v) is 16.3. The molecule has 3 rings (SSSR count). The summed E-state index contributed by atoms with van der Waals surface area (Å²) >= 11 is 0. The number of hydrogen-bond acceptors (Lipinski definition) is 3. The Balaban J connectivity index is 0.00000260. The number of unbranched alkanes of at least 4 members (excludes halogenated alkanes) is 2. The number of piperazine rings is 1. The van der Waals surface area contributed by atoms with Crippen molar-refractivity contribution in [3.8, 4) is 0 Å². The molecule has 0 bridgehead atoms. The molecule has 218 valence electrons. The summed E-state index contributed by atoms with van der Waals surface area (Å²) in [7, 11) is 0. The van der Waals surface area contributed by atoms with Crippen LogP contribution in [0.5, 0.6) is 0 Å². The van der Waals surface area contributed by atoms with Gasteiger partial charge < -0.3 is 9.80 Å². The molecule has 0 unspecified atom stereocenters. The summed E-state index contributed by atoms with van der Waals surface area (Å²) < 4.78 is 0. The van der Waals surface area contributed by atoms with Gasteiger partial charge in [0.2, 0.25) is 0 Å². The fourth-order valence-corrected chi connectivity index (χ4v) is 6.03. The van der Waals surface area contributed by atoms with Crippen LogP contribution in [0.1, 0.15) is 134 Å². The second-order valence-electron chi connectivity index (χ2n) is 11.1. The summed E-state index contributed by atoms with van der Waals surface area (Å²) in [5.41, 5.74) is 5.39. The molecule has 1 aliphatic carbocycles. The average Bonchev–Trinajstić information content (AvgIpc) is 2.96. The zero-order valence-electron chi connectivity index (χ0n) is 26.0. The minimum atomic E-state index is 0.597. The summed E-state index contributed by atoms with van der Waals surface area (Å²) in [5, 5.41) is 0. The molecule has 0 spiro atoms. The van der Waals surface area contributed by atoms with Crippen molar-refractivity contribution in [3.05, 3.63) is 72.8 Å². The Labute approximate surface area is 242 Å². The van der Waals surface area contributed by atoms with Gasteiger partial charge in [-0.3, -0.25) is 4.98 Å². The van der Waals surface area contributed by atoms with E-state index < -0.39 is 0 Å². The van der Waals surface area contributed by atoms with Crippen molar-refractivity contribution in [2.75, 3.05) is 31.1 Å². The van der Waals surface area contributed by atoms with Gasteiger partial charge in [-0.25, -0.2) is 0 Å². The Hall–Kier alpha value is -2.29. The predicted molar refractivity (Wildman–Crippen MR) is 174 cm³/mol. The van der Waals surface area contributed by atoms with E-state index in [2.05, 4.69) is 61.1 Å². The van der Waals surface area contributed by atoms with Crippen molar-refractivity contribution in [3.63, 3.8) is 0 Å². The Kier molecular flexibility index (Phi) is 16.6. The lowest BCUT2D eigenvalue weighted by atomic mass is 9.87. The molecule has 1 aromatic rings. The lowest BCUT2D eigenvalue weighted by molar-refractivity contribution is 0.330. The molecule has 1 aliphatic heterocycles. The lowest BCUT2D eigenvalue weighted by Gasteiger charge is -2.38. The van der Waals surface area contributed by atoms with Gasteiger partial charge in [-0.1, -0.05) is 117 Å². The van der Waals surface area contributed by atoms with Crippen LogP contribution in [0.3, 0.4) is 0 Å². The minimum Gasteiger partial charge on any atom is -0.368 e. The van der Waals surface area contributed by atoms with Crippen molar-refractivity contribution in [2.24, 2.45) is 0 Å². The predicted octanol–water partition coefficient (Wildman–Crippen LogP) is 10.3. The number of rotatable bonds is 13. The van der Waals surface area contributed by atoms with Gasteiger partial charge >= 0.3 is 0 Å². The molecule has 0 atom stereocenters. The van der Waals surface area contributed by atoms with Gasteiger partial charge in [0.05, 0.1) is 0 Å². The number of anilines is 1. The highest BCUT2D eigenvalue weighted by Gasteiger charge is 2.23. The first kappa shape index (κ1) is 32.9. The van der Waals surface area contributed by atoms with Crippen LogP contribution in [-0.2, 0) is 0 Å². The van der Waals surface area contributed by atoms with Gasteiger partial charge in [-0.05, 0) is 50.0 Å². The topological polar surface area (TPSA) is 19.4 Å². The van der Waals surface area contributed by atoms with E-state index in [-0.39, 0.29) is 0 Å². The molecule has 1 saturated heterocycles. The van der Waals surface area contributed by atoms with E-state index in [1.54, 1.807) is 0 Å². The van der Waals surface area contributed by atoms with Crippen LogP contribution in [0.4, 0.5) is 5.69 Å². The highest BCUT2D eigenvalue weighted by Crippen LogP contribution is 2.36. The lowest BCUT2D eigenvalue weighted by Crippen LogP contribution is -2.45. The van der Waals surface area contributed by atoms with E-state index in [9.17, 15) is 0 Å². The normalized spacial score (nSPS) is 17.5. The van der Waals surface area contributed by atoms with Gasteiger partial charge in [-0.15, -0.1) is 0 Å². The minimum absolute atomic E-state index is 0.597. The van der Waals surface area contributed by atoms with E-state index in [4.69, 9.17) is 4.98 Å². The second kappa shape index (κ2) is 19.7. The third-order valence-corrected chi connectivity index (χ3v) is 8.31. The van der Waals surface area contributed by atoms with Crippen LogP contribution in [0.25, 0.3) is 0 Å². The molecule has 1 saturated carbocycles. The van der Waals surface area contributed by atoms with Gasteiger partial charge in [-0.2, -0.15) is 0 Å². The van der Waals surface area contributed by atoms with Crippen molar-refractivity contribution in [1.82, 2.24) is 9.88 Å². The van der Waals surface area contributed by atoms with E-state index in [0.717, 1.165) is 26.2 Å². The van der Waals surface area contributed by atoms with Crippen molar-refractivity contribution in [1.29, 1.82) is 0 Å². The first-order valence-electron chi connectivity index (χ1n) is 16.3. The molecule has 39 heavy (non-hydrogen) atoms. The van der Waals surface area contributed by atoms with Crippen molar-refractivity contribution in [2.45, 2.75) is 123 Å². The summed E-state index contributed by atoms with van der Waals surface area (Å²) in [6, 6.07) is 4.94. The largest absolute Gasteiger partial charge is 0.368 e. The van der Waals surface area contributed by atoms with E-state index in [1.807, 2.05) is 32.1 Å². The molecular weight excluding hydrogens is 474 g/mol. The van der Waals surface area contributed by atoms with Crippen molar-refractivity contribution >= 4 is 5.69 Å². The standard InChI is InChI=1S/C34H53N3.C2H6/c1-5-9-18-29(19-10-6-2)33-27-32(28-34(35-33)30-20-15-13-12-14-16-21-30)37-25-23-36(24-26-37)31(17-8-4)22-11-7-3;1-2/h7-8,11,17,22,27-30H,3-6,9-10,12-16,18-21,23-26H2,1-2H3;1-2H3/b22-11-,31-17+;. The zero-order chi connectivity index (χ0) is 28.3. The van der Waals surface area contributed by atoms with Crippen LogP contribution < -0.4 is 4.90 Å². The summed E-state index contributed by atoms with van der Waals surface area (Å²) in [6.07, 6.45) is 27.2. The molecule has 3 heteroatoms. The number of aromatic nitrogens is 1. The molecule has 3 nitrogen and oxygen atoms in total. The zero-order valence-corrected chi connectivity index (χ0v) is 26.0. The number of pyridine rings is 1. The average molecular weight is 534 g/mol. The van der Waals surface area contributed by atoms with Gasteiger partial charge in [0.1, 0.15) is 0 Å². The fraction of sp³-hybridized carbons (Fsp3) is 0.639. The number of hydrogen-bond donors (Lipinski definition) is 0. The maximum atomic E-state index is 5.46. The Morgan fingerprint density at radius 1 is 0.897 bits per heavy atom. The fourth-order valence-electron chi connectivity index (χ4n) is 6.03. The first-order chi connectivity index (χ1) is 19.2. The quantitative estimate of drug-likeness (QED) is 0.235.